The van der Waals surface area contributed by atoms with Crippen LogP contribution in [0.5, 0.6) is 5.88 Å². The van der Waals surface area contributed by atoms with Gasteiger partial charge in [0.15, 0.2) is 5.78 Å². The normalized spacial score (nSPS) is 12.7. The van der Waals surface area contributed by atoms with Gasteiger partial charge in [0.05, 0.1) is 29.2 Å². The molecule has 0 aliphatic heterocycles. The lowest BCUT2D eigenvalue weighted by molar-refractivity contribution is 0.0996. The summed E-state index contributed by atoms with van der Waals surface area (Å²) in [5.74, 6) is -3.38. The number of benzene rings is 1. The Balaban J connectivity index is 2.35. The first kappa shape index (κ1) is 21.3. The first-order valence-electron chi connectivity index (χ1n) is 8.61. The Bertz CT molecular complexity index is 1270. The first-order valence-corrected chi connectivity index (χ1v) is 10.1. The second-order valence-electron chi connectivity index (χ2n) is 6.31. The summed E-state index contributed by atoms with van der Waals surface area (Å²) in [7, 11) is -3.38. The minimum absolute atomic E-state index is 0.0273. The molecule has 10 nitrogen and oxygen atoms in total. The van der Waals surface area contributed by atoms with Crippen molar-refractivity contribution in [2.75, 3.05) is 7.11 Å². The van der Waals surface area contributed by atoms with Crippen molar-refractivity contribution >= 4 is 32.8 Å². The van der Waals surface area contributed by atoms with Gasteiger partial charge in [0.2, 0.25) is 5.88 Å². The van der Waals surface area contributed by atoms with Gasteiger partial charge in [0.25, 0.3) is 16.0 Å². The molecule has 0 aliphatic carbocycles. The summed E-state index contributed by atoms with van der Waals surface area (Å²) in [5, 5.41) is -1.46. The van der Waals surface area contributed by atoms with Crippen LogP contribution >= 0.6 is 0 Å². The summed E-state index contributed by atoms with van der Waals surface area (Å²) >= 11 is 0. The maximum Gasteiger partial charge on any atom is 0.272 e. The lowest BCUT2D eigenvalue weighted by Gasteiger charge is -2.18. The molecule has 1 aromatic carbocycles. The number of carbonyl (C=O) groups excluding carboxylic acids is 2. The molecule has 0 radical (unpaired) electrons. The van der Waals surface area contributed by atoms with Crippen molar-refractivity contribution in [3.8, 4) is 5.88 Å². The lowest BCUT2D eigenvalue weighted by atomic mass is 9.92. The van der Waals surface area contributed by atoms with E-state index >= 15 is 4.39 Å². The smallest absolute Gasteiger partial charge is 0.272 e. The summed E-state index contributed by atoms with van der Waals surface area (Å²) in [6, 6.07) is 2.05. The number of nitrogens with one attached hydrogen (secondary N) is 1. The predicted octanol–water partition coefficient (Wildman–Crippen LogP) is 1.77. The van der Waals surface area contributed by atoms with E-state index in [0.29, 0.717) is 0 Å². The van der Waals surface area contributed by atoms with Crippen molar-refractivity contribution in [3.63, 3.8) is 0 Å². The minimum Gasteiger partial charge on any atom is -0.480 e. The van der Waals surface area contributed by atoms with Crippen LogP contribution < -0.4 is 10.5 Å². The van der Waals surface area contributed by atoms with Gasteiger partial charge in [-0.1, -0.05) is 13.0 Å². The zero-order valence-electron chi connectivity index (χ0n) is 15.8. The summed E-state index contributed by atoms with van der Waals surface area (Å²) in [4.78, 5) is 35.6. The number of fused-ring (bicyclic) bond motifs is 1. The number of rotatable bonds is 7. The predicted molar refractivity (Wildman–Crippen MR) is 103 cm³/mol. The van der Waals surface area contributed by atoms with Gasteiger partial charge in [-0.3, -0.25) is 14.1 Å². The molecular weight excluding hydrogens is 419 g/mol. The summed E-state index contributed by atoms with van der Waals surface area (Å²) in [5.41, 5.74) is 3.67. The second kappa shape index (κ2) is 7.80. The molecule has 3 rings (SSSR count). The number of aromatic nitrogens is 3. The molecule has 0 fully saturated rings. The number of ketones is 1. The number of primary amides is 1. The van der Waals surface area contributed by atoms with Crippen molar-refractivity contribution in [1.29, 1.82) is 0 Å². The highest BCUT2D eigenvalue weighted by atomic mass is 32.2. The van der Waals surface area contributed by atoms with E-state index < -0.39 is 44.0 Å². The van der Waals surface area contributed by atoms with Gasteiger partial charge >= 0.3 is 0 Å². The fraction of sp³-hybridized carbons (Fsp3) is 0.222. The molecule has 1 unspecified atom stereocenters. The molecule has 2 heterocycles. The second-order valence-corrected chi connectivity index (χ2v) is 7.90. The number of ether oxygens (including phenoxy) is 1. The Labute approximate surface area is 170 Å². The van der Waals surface area contributed by atoms with Crippen LogP contribution in [-0.4, -0.2) is 46.7 Å². The van der Waals surface area contributed by atoms with E-state index in [9.17, 15) is 22.6 Å². The topological polar surface area (TPSA) is 165 Å². The van der Waals surface area contributed by atoms with Gasteiger partial charge in [0.1, 0.15) is 23.0 Å². The van der Waals surface area contributed by atoms with Crippen molar-refractivity contribution in [3.05, 3.63) is 52.7 Å². The highest BCUT2D eigenvalue weighted by Gasteiger charge is 2.33. The third-order valence-corrected chi connectivity index (χ3v) is 5.92. The van der Waals surface area contributed by atoms with Crippen LogP contribution in [-0.2, 0) is 10.1 Å². The van der Waals surface area contributed by atoms with Crippen LogP contribution in [0.2, 0.25) is 0 Å². The maximum atomic E-state index is 15.2. The van der Waals surface area contributed by atoms with Gasteiger partial charge in [-0.2, -0.15) is 8.42 Å². The number of methoxy groups -OCH3 is 1. The quantitative estimate of drug-likeness (QED) is 0.372. The van der Waals surface area contributed by atoms with E-state index in [0.717, 1.165) is 12.1 Å². The van der Waals surface area contributed by atoms with Crippen LogP contribution in [0.1, 0.15) is 50.4 Å². The third kappa shape index (κ3) is 3.50. The SMILES string of the molecule is CCC(c1ccc(C(N)=O)c(F)c1C(=O)c1c[nH]c2ncnc(OC)c12)S(=O)(=O)O. The zero-order chi connectivity index (χ0) is 22.2. The van der Waals surface area contributed by atoms with Crippen LogP contribution in [0.3, 0.4) is 0 Å². The number of nitrogens with two attached hydrogens (primary N) is 1. The highest BCUT2D eigenvalue weighted by molar-refractivity contribution is 7.86. The van der Waals surface area contributed by atoms with Crippen molar-refractivity contribution in [2.45, 2.75) is 18.6 Å². The number of H-pyrrole nitrogens is 1. The first-order chi connectivity index (χ1) is 14.1. The molecule has 1 amide bonds. The van der Waals surface area contributed by atoms with Crippen LogP contribution in [0.4, 0.5) is 4.39 Å². The Morgan fingerprint density at radius 1 is 1.30 bits per heavy atom. The number of amides is 1. The molecular formula is C18H17FN4O6S. The molecule has 30 heavy (non-hydrogen) atoms. The maximum absolute atomic E-state index is 15.2. The molecule has 0 bridgehead atoms. The van der Waals surface area contributed by atoms with E-state index in [1.807, 2.05) is 0 Å². The zero-order valence-corrected chi connectivity index (χ0v) is 16.7. The van der Waals surface area contributed by atoms with Gasteiger partial charge in [-0.15, -0.1) is 0 Å². The molecule has 4 N–H and O–H groups in total. The van der Waals surface area contributed by atoms with Crippen molar-refractivity contribution in [1.82, 2.24) is 15.0 Å². The van der Waals surface area contributed by atoms with Crippen LogP contribution in [0, 0.1) is 5.82 Å². The fourth-order valence-corrected chi connectivity index (χ4v) is 4.21. The number of carbonyl (C=O) groups is 2. The Morgan fingerprint density at radius 2 is 2.00 bits per heavy atom. The molecule has 12 heteroatoms. The molecule has 2 aromatic heterocycles. The van der Waals surface area contributed by atoms with Gasteiger partial charge in [0, 0.05) is 6.20 Å². The molecule has 0 saturated carbocycles. The highest BCUT2D eigenvalue weighted by Crippen LogP contribution is 2.34. The van der Waals surface area contributed by atoms with E-state index in [2.05, 4.69) is 15.0 Å². The van der Waals surface area contributed by atoms with Gasteiger partial charge < -0.3 is 15.5 Å². The largest absolute Gasteiger partial charge is 0.480 e. The lowest BCUT2D eigenvalue weighted by Crippen LogP contribution is -2.21. The van der Waals surface area contributed by atoms with Crippen LogP contribution in [0.25, 0.3) is 11.0 Å². The Hall–Kier alpha value is -3.38. The monoisotopic (exact) mass is 436 g/mol. The molecule has 0 spiro atoms. The molecule has 0 aliphatic rings. The van der Waals surface area contributed by atoms with Crippen LogP contribution in [0.15, 0.2) is 24.7 Å². The fourth-order valence-electron chi connectivity index (χ4n) is 3.27. The standard InChI is InChI=1S/C18H17FN4O6S/c1-3-11(30(26,27)28)8-4-5-9(16(20)25)14(19)12(8)15(24)10-6-21-17-13(10)18(29-2)23-7-22-17/h4-7,11H,3H2,1-2H3,(H2,20,25)(H,21,22,23)(H,26,27,28). The number of aromatic amines is 1. The Morgan fingerprint density at radius 3 is 2.57 bits per heavy atom. The summed E-state index contributed by atoms with van der Waals surface area (Å²) < 4.78 is 53.6. The van der Waals surface area contributed by atoms with Crippen molar-refractivity contribution < 1.29 is 31.7 Å². The molecule has 0 saturated heterocycles. The number of hydrogen-bond acceptors (Lipinski definition) is 7. The minimum atomic E-state index is -4.69. The summed E-state index contributed by atoms with van der Waals surface area (Å²) in [6.45, 7) is 1.44. The van der Waals surface area contributed by atoms with E-state index in [-0.39, 0.29) is 34.5 Å². The molecule has 1 atom stereocenters. The average Bonchev–Trinajstić information content (AvgIpc) is 3.11. The average molecular weight is 436 g/mol. The number of hydrogen-bond donors (Lipinski definition) is 3. The van der Waals surface area contributed by atoms with Gasteiger partial charge in [-0.25, -0.2) is 14.4 Å². The van der Waals surface area contributed by atoms with E-state index in [4.69, 9.17) is 10.5 Å². The molecule has 3 aromatic rings. The summed E-state index contributed by atoms with van der Waals surface area (Å²) in [6.07, 6.45) is 2.27. The third-order valence-electron chi connectivity index (χ3n) is 4.62. The molecule has 158 valence electrons. The van der Waals surface area contributed by atoms with Gasteiger partial charge in [-0.05, 0) is 18.1 Å². The number of halogens is 1. The number of nitrogens with zero attached hydrogens (tertiary/aromatic N) is 2. The van der Waals surface area contributed by atoms with E-state index in [1.165, 1.54) is 26.6 Å². The van der Waals surface area contributed by atoms with Crippen molar-refractivity contribution in [2.24, 2.45) is 5.73 Å². The Kier molecular flexibility index (Phi) is 5.55. The van der Waals surface area contributed by atoms with E-state index in [1.54, 1.807) is 0 Å².